The van der Waals surface area contributed by atoms with Crippen molar-refractivity contribution >= 4 is 11.7 Å². The van der Waals surface area contributed by atoms with E-state index in [9.17, 15) is 4.79 Å². The fourth-order valence-corrected chi connectivity index (χ4v) is 0.615. The fourth-order valence-electron chi connectivity index (χ4n) is 0.615. The Bertz CT molecular complexity index is 213. The van der Waals surface area contributed by atoms with Gasteiger partial charge in [0.15, 0.2) is 0 Å². The molecule has 0 aliphatic carbocycles. The molecule has 0 aromatic rings. The number of terminal acetylenes is 1. The second-order valence-corrected chi connectivity index (χ2v) is 2.24. The van der Waals surface area contributed by atoms with Crippen molar-refractivity contribution in [3.63, 3.8) is 0 Å². The van der Waals surface area contributed by atoms with E-state index in [-0.39, 0.29) is 11.9 Å². The van der Waals surface area contributed by atoms with Crippen LogP contribution in [0.15, 0.2) is 4.99 Å². The topological polar surface area (TPSA) is 41.5 Å². The Morgan fingerprint density at radius 3 is 2.55 bits per heavy atom. The maximum Gasteiger partial charge on any atom is 0.222 e. The number of carbonyl (C=O) groups is 1. The third-order valence-corrected chi connectivity index (χ3v) is 0.985. The van der Waals surface area contributed by atoms with Gasteiger partial charge in [-0.25, -0.2) is 0 Å². The average Bonchev–Trinajstić information content (AvgIpc) is 1.85. The number of hydrogen-bond acceptors (Lipinski definition) is 2. The van der Waals surface area contributed by atoms with Gasteiger partial charge in [-0.05, 0) is 13.8 Å². The molecule has 0 aromatic carbocycles. The maximum atomic E-state index is 10.5. The van der Waals surface area contributed by atoms with Gasteiger partial charge in [-0.2, -0.15) is 0 Å². The van der Waals surface area contributed by atoms with Crippen LogP contribution in [0.1, 0.15) is 20.8 Å². The molecule has 0 aromatic heterocycles. The number of aliphatic imine (C=N–C) groups is 1. The van der Waals surface area contributed by atoms with Gasteiger partial charge < -0.3 is 5.32 Å². The number of rotatable bonds is 1. The van der Waals surface area contributed by atoms with Crippen molar-refractivity contribution in [2.75, 3.05) is 0 Å². The molecule has 0 saturated heterocycles. The molecule has 3 nitrogen and oxygen atoms in total. The Morgan fingerprint density at radius 1 is 1.64 bits per heavy atom. The molecule has 0 heterocycles. The summed E-state index contributed by atoms with van der Waals surface area (Å²) >= 11 is 0. The van der Waals surface area contributed by atoms with Crippen molar-refractivity contribution < 1.29 is 4.79 Å². The highest BCUT2D eigenvalue weighted by molar-refractivity contribution is 5.95. The molecule has 1 unspecified atom stereocenters. The van der Waals surface area contributed by atoms with Crippen molar-refractivity contribution in [1.29, 1.82) is 0 Å². The molecule has 0 rings (SSSR count). The van der Waals surface area contributed by atoms with Gasteiger partial charge in [0.1, 0.15) is 11.9 Å². The van der Waals surface area contributed by atoms with Crippen LogP contribution in [0.5, 0.6) is 0 Å². The Balaban J connectivity index is 4.02. The van der Waals surface area contributed by atoms with Gasteiger partial charge in [-0.15, -0.1) is 6.42 Å². The summed E-state index contributed by atoms with van der Waals surface area (Å²) in [5.74, 6) is 2.86. The third kappa shape index (κ3) is 5.16. The Kier molecular flexibility index (Phi) is 3.97. The number of nitrogens with one attached hydrogen (secondary N) is 1. The van der Waals surface area contributed by atoms with Crippen LogP contribution >= 0.6 is 0 Å². The summed E-state index contributed by atoms with van der Waals surface area (Å²) < 4.78 is 0. The minimum atomic E-state index is -0.179. The van der Waals surface area contributed by atoms with Crippen LogP contribution in [-0.2, 0) is 4.79 Å². The highest BCUT2D eigenvalue weighted by Gasteiger charge is 1.95. The van der Waals surface area contributed by atoms with E-state index in [1.54, 1.807) is 13.8 Å². The van der Waals surface area contributed by atoms with E-state index in [0.29, 0.717) is 5.84 Å². The predicted octanol–water partition coefficient (Wildman–Crippen LogP) is 0.563. The first-order chi connectivity index (χ1) is 5.06. The molecule has 0 fully saturated rings. The number of carbonyl (C=O) groups excluding carboxylic acids is 1. The SMILES string of the molecule is C#CC(C)N=C(C)NC(C)=O. The zero-order chi connectivity index (χ0) is 8.85. The first-order valence-electron chi connectivity index (χ1n) is 3.34. The summed E-state index contributed by atoms with van der Waals surface area (Å²) in [5.41, 5.74) is 0. The molecule has 0 spiro atoms. The monoisotopic (exact) mass is 152 g/mol. The summed E-state index contributed by atoms with van der Waals surface area (Å²) in [4.78, 5) is 14.5. The van der Waals surface area contributed by atoms with Crippen molar-refractivity contribution in [2.45, 2.75) is 26.8 Å². The van der Waals surface area contributed by atoms with Crippen molar-refractivity contribution in [3.05, 3.63) is 0 Å². The molecule has 1 atom stereocenters. The lowest BCUT2D eigenvalue weighted by Gasteiger charge is -2.01. The quantitative estimate of drug-likeness (QED) is 0.333. The molecular weight excluding hydrogens is 140 g/mol. The second kappa shape index (κ2) is 4.51. The molecule has 0 saturated carbocycles. The van der Waals surface area contributed by atoms with Crippen LogP contribution < -0.4 is 5.32 Å². The van der Waals surface area contributed by atoms with E-state index in [1.807, 2.05) is 0 Å². The van der Waals surface area contributed by atoms with Crippen LogP contribution in [0.3, 0.4) is 0 Å². The molecule has 0 radical (unpaired) electrons. The van der Waals surface area contributed by atoms with E-state index in [0.717, 1.165) is 0 Å². The number of amidine groups is 1. The van der Waals surface area contributed by atoms with Crippen LogP contribution in [-0.4, -0.2) is 17.8 Å². The lowest BCUT2D eigenvalue weighted by molar-refractivity contribution is -0.117. The highest BCUT2D eigenvalue weighted by Crippen LogP contribution is 1.85. The minimum absolute atomic E-state index is 0.129. The first kappa shape index (κ1) is 9.70. The lowest BCUT2D eigenvalue weighted by atomic mass is 10.4. The zero-order valence-electron chi connectivity index (χ0n) is 7.01. The molecule has 60 valence electrons. The van der Waals surface area contributed by atoms with E-state index >= 15 is 0 Å². The smallest absolute Gasteiger partial charge is 0.222 e. The minimum Gasteiger partial charge on any atom is -0.315 e. The number of amides is 1. The van der Waals surface area contributed by atoms with Crippen molar-refractivity contribution in [3.8, 4) is 12.3 Å². The lowest BCUT2D eigenvalue weighted by Crippen LogP contribution is -2.26. The van der Waals surface area contributed by atoms with Crippen LogP contribution in [0.4, 0.5) is 0 Å². The molecule has 1 N–H and O–H groups in total. The normalized spacial score (nSPS) is 13.5. The molecule has 0 aliphatic heterocycles. The van der Waals surface area contributed by atoms with Gasteiger partial charge in [0.25, 0.3) is 0 Å². The predicted molar refractivity (Wildman–Crippen MR) is 45.2 cm³/mol. The van der Waals surface area contributed by atoms with Crippen LogP contribution in [0, 0.1) is 12.3 Å². The van der Waals surface area contributed by atoms with Gasteiger partial charge in [0.2, 0.25) is 5.91 Å². The van der Waals surface area contributed by atoms with Crippen LogP contribution in [0.25, 0.3) is 0 Å². The Morgan fingerprint density at radius 2 is 2.18 bits per heavy atom. The van der Waals surface area contributed by atoms with Gasteiger partial charge in [0.05, 0.1) is 0 Å². The molecule has 3 heteroatoms. The first-order valence-corrected chi connectivity index (χ1v) is 3.34. The van der Waals surface area contributed by atoms with Crippen molar-refractivity contribution in [1.82, 2.24) is 5.32 Å². The average molecular weight is 152 g/mol. The largest absolute Gasteiger partial charge is 0.315 e. The Labute approximate surface area is 66.9 Å². The highest BCUT2D eigenvalue weighted by atomic mass is 16.1. The summed E-state index contributed by atoms with van der Waals surface area (Å²) in [6, 6.07) is -0.179. The fraction of sp³-hybridized carbons (Fsp3) is 0.500. The summed E-state index contributed by atoms with van der Waals surface area (Å²) in [6.07, 6.45) is 5.08. The summed E-state index contributed by atoms with van der Waals surface area (Å²) in [6.45, 7) is 4.92. The second-order valence-electron chi connectivity index (χ2n) is 2.24. The molecule has 0 aliphatic rings. The van der Waals surface area contributed by atoms with Crippen LogP contribution in [0.2, 0.25) is 0 Å². The van der Waals surface area contributed by atoms with E-state index in [4.69, 9.17) is 6.42 Å². The maximum absolute atomic E-state index is 10.5. The molecule has 11 heavy (non-hydrogen) atoms. The number of nitrogens with zero attached hydrogens (tertiary/aromatic N) is 1. The van der Waals surface area contributed by atoms with E-state index in [2.05, 4.69) is 16.2 Å². The van der Waals surface area contributed by atoms with Gasteiger partial charge >= 0.3 is 0 Å². The van der Waals surface area contributed by atoms with Gasteiger partial charge in [-0.3, -0.25) is 9.79 Å². The molecule has 1 amide bonds. The van der Waals surface area contributed by atoms with E-state index < -0.39 is 0 Å². The number of hydrogen-bond donors (Lipinski definition) is 1. The Hall–Kier alpha value is -1.30. The molecular formula is C8H12N2O. The van der Waals surface area contributed by atoms with Gasteiger partial charge in [0, 0.05) is 6.92 Å². The summed E-state index contributed by atoms with van der Waals surface area (Å²) in [7, 11) is 0. The van der Waals surface area contributed by atoms with Crippen molar-refractivity contribution in [2.24, 2.45) is 4.99 Å². The summed E-state index contributed by atoms with van der Waals surface area (Å²) in [5, 5.41) is 2.52. The standard InChI is InChI=1S/C8H12N2O/c1-5-6(2)9-7(3)10-8(4)11/h1,6H,2-4H3,(H,9,10,11). The molecule has 0 bridgehead atoms. The third-order valence-electron chi connectivity index (χ3n) is 0.985. The zero-order valence-corrected chi connectivity index (χ0v) is 7.01. The van der Waals surface area contributed by atoms with Gasteiger partial charge in [-0.1, -0.05) is 5.92 Å². The van der Waals surface area contributed by atoms with E-state index in [1.165, 1.54) is 6.92 Å².